The molecule has 27 heavy (non-hydrogen) atoms. The SMILES string of the molecule is C[C@H]1CCC[C@H](C)N1C(=O)COC(=O)CN=C1NS(=O)(=O)c2ccccc21. The van der Waals surface area contributed by atoms with Crippen molar-refractivity contribution < 1.29 is 22.7 Å². The second kappa shape index (κ2) is 7.67. The molecule has 1 N–H and O–H groups in total. The number of sulfonamides is 1. The van der Waals surface area contributed by atoms with Crippen LogP contribution in [-0.4, -0.2) is 56.3 Å². The molecule has 1 aromatic rings. The molecule has 1 aromatic carbocycles. The number of benzene rings is 1. The summed E-state index contributed by atoms with van der Waals surface area (Å²) in [6, 6.07) is 6.64. The molecule has 0 saturated carbocycles. The number of amides is 1. The molecule has 1 amide bonds. The number of rotatable bonds is 4. The second-order valence-corrected chi connectivity index (χ2v) is 8.51. The van der Waals surface area contributed by atoms with Crippen LogP contribution in [-0.2, 0) is 24.3 Å². The Kier molecular flexibility index (Phi) is 5.50. The van der Waals surface area contributed by atoms with Gasteiger partial charge in [0.2, 0.25) is 0 Å². The third-order valence-corrected chi connectivity index (χ3v) is 6.26. The van der Waals surface area contributed by atoms with Gasteiger partial charge in [0.1, 0.15) is 12.4 Å². The summed E-state index contributed by atoms with van der Waals surface area (Å²) in [5.41, 5.74) is 0.414. The highest BCUT2D eigenvalue weighted by Gasteiger charge is 2.31. The van der Waals surface area contributed by atoms with Gasteiger partial charge in [-0.1, -0.05) is 12.1 Å². The number of aliphatic imine (C=N–C) groups is 1. The summed E-state index contributed by atoms with van der Waals surface area (Å²) in [5.74, 6) is -0.800. The molecule has 1 fully saturated rings. The van der Waals surface area contributed by atoms with Gasteiger partial charge in [-0.25, -0.2) is 8.42 Å². The Morgan fingerprint density at radius 3 is 2.59 bits per heavy atom. The Labute approximate surface area is 158 Å². The fourth-order valence-corrected chi connectivity index (χ4v) is 4.82. The molecule has 3 rings (SSSR count). The van der Waals surface area contributed by atoms with Gasteiger partial charge in [0.05, 0.1) is 4.90 Å². The number of amidine groups is 1. The summed E-state index contributed by atoms with van der Waals surface area (Å²) in [4.78, 5) is 30.2. The lowest BCUT2D eigenvalue weighted by Crippen LogP contribution is -2.49. The molecular weight excluding hydrogens is 370 g/mol. The standard InChI is InChI=1S/C18H23N3O5S/c1-12-6-5-7-13(2)21(12)16(22)11-26-17(23)10-19-18-14-8-3-4-9-15(14)27(24,25)20-18/h3-4,8-9,12-13H,5-7,10-11H2,1-2H3,(H,19,20)/t12-,13-/m0/s1. The van der Waals surface area contributed by atoms with Crippen LogP contribution in [0.4, 0.5) is 0 Å². The van der Waals surface area contributed by atoms with Crippen molar-refractivity contribution in [2.45, 2.75) is 50.1 Å². The van der Waals surface area contributed by atoms with Gasteiger partial charge in [-0.05, 0) is 45.2 Å². The van der Waals surface area contributed by atoms with E-state index in [9.17, 15) is 18.0 Å². The van der Waals surface area contributed by atoms with E-state index in [0.29, 0.717) is 5.56 Å². The van der Waals surface area contributed by atoms with Crippen molar-refractivity contribution in [3.63, 3.8) is 0 Å². The van der Waals surface area contributed by atoms with Crippen LogP contribution in [0.25, 0.3) is 0 Å². The van der Waals surface area contributed by atoms with Gasteiger partial charge in [-0.15, -0.1) is 0 Å². The van der Waals surface area contributed by atoms with E-state index >= 15 is 0 Å². The Bertz CT molecular complexity index is 871. The van der Waals surface area contributed by atoms with Crippen LogP contribution in [0.3, 0.4) is 0 Å². The number of ether oxygens (including phenoxy) is 1. The zero-order valence-corrected chi connectivity index (χ0v) is 16.2. The average Bonchev–Trinajstić information content (AvgIpc) is 2.89. The molecule has 2 atom stereocenters. The second-order valence-electron chi connectivity index (χ2n) is 6.86. The first kappa shape index (κ1) is 19.3. The number of nitrogens with one attached hydrogen (secondary N) is 1. The quantitative estimate of drug-likeness (QED) is 0.770. The predicted octanol–water partition coefficient (Wildman–Crippen LogP) is 1.06. The topological polar surface area (TPSA) is 105 Å². The number of carbonyl (C=O) groups is 2. The summed E-state index contributed by atoms with van der Waals surface area (Å²) >= 11 is 0. The summed E-state index contributed by atoms with van der Waals surface area (Å²) in [7, 11) is -3.65. The van der Waals surface area contributed by atoms with Crippen LogP contribution in [0.5, 0.6) is 0 Å². The Morgan fingerprint density at radius 1 is 1.22 bits per heavy atom. The molecule has 0 aliphatic carbocycles. The fraction of sp³-hybridized carbons (Fsp3) is 0.500. The first-order chi connectivity index (χ1) is 12.8. The minimum absolute atomic E-state index is 0.104. The third-order valence-electron chi connectivity index (χ3n) is 4.87. The van der Waals surface area contributed by atoms with Gasteiger partial charge in [-0.2, -0.15) is 0 Å². The molecule has 2 heterocycles. The summed E-state index contributed by atoms with van der Waals surface area (Å²) in [6.45, 7) is 3.28. The van der Waals surface area contributed by atoms with Crippen molar-refractivity contribution in [1.82, 2.24) is 9.62 Å². The number of nitrogens with zero attached hydrogens (tertiary/aromatic N) is 2. The predicted molar refractivity (Wildman–Crippen MR) is 98.7 cm³/mol. The number of fused-ring (bicyclic) bond motifs is 1. The minimum atomic E-state index is -3.65. The van der Waals surface area contributed by atoms with E-state index in [1.54, 1.807) is 23.1 Å². The zero-order chi connectivity index (χ0) is 19.6. The molecule has 2 aliphatic rings. The number of likely N-dealkylation sites (tertiary alicyclic amines) is 1. The number of piperidine rings is 1. The molecule has 2 aliphatic heterocycles. The molecule has 0 radical (unpaired) electrons. The number of carbonyl (C=O) groups excluding carboxylic acids is 2. The largest absolute Gasteiger partial charge is 0.454 e. The maximum atomic E-state index is 12.4. The average molecular weight is 393 g/mol. The van der Waals surface area contributed by atoms with E-state index in [-0.39, 0.29) is 41.9 Å². The van der Waals surface area contributed by atoms with Crippen LogP contribution in [0, 0.1) is 0 Å². The van der Waals surface area contributed by atoms with Gasteiger partial charge in [0.25, 0.3) is 15.9 Å². The van der Waals surface area contributed by atoms with Crippen LogP contribution in [0.2, 0.25) is 0 Å². The van der Waals surface area contributed by atoms with Crippen LogP contribution < -0.4 is 4.72 Å². The number of esters is 1. The molecule has 1 saturated heterocycles. The van der Waals surface area contributed by atoms with E-state index in [2.05, 4.69) is 9.71 Å². The van der Waals surface area contributed by atoms with Crippen LogP contribution >= 0.6 is 0 Å². The van der Waals surface area contributed by atoms with Crippen molar-refractivity contribution >= 4 is 27.7 Å². The molecule has 146 valence electrons. The molecule has 0 aromatic heterocycles. The van der Waals surface area contributed by atoms with Crippen molar-refractivity contribution in [2.24, 2.45) is 4.99 Å². The van der Waals surface area contributed by atoms with E-state index in [1.165, 1.54) is 6.07 Å². The lowest BCUT2D eigenvalue weighted by atomic mass is 9.97. The van der Waals surface area contributed by atoms with Crippen molar-refractivity contribution in [3.05, 3.63) is 29.8 Å². The van der Waals surface area contributed by atoms with Crippen LogP contribution in [0.15, 0.2) is 34.2 Å². The molecule has 0 unspecified atom stereocenters. The number of hydrogen-bond acceptors (Lipinski definition) is 6. The molecule has 9 heteroatoms. The van der Waals surface area contributed by atoms with Gasteiger partial charge >= 0.3 is 5.97 Å². The summed E-state index contributed by atoms with van der Waals surface area (Å²) < 4.78 is 31.4. The van der Waals surface area contributed by atoms with Gasteiger partial charge in [0.15, 0.2) is 6.61 Å². The monoisotopic (exact) mass is 393 g/mol. The summed E-state index contributed by atoms with van der Waals surface area (Å²) in [5, 5.41) is 0. The van der Waals surface area contributed by atoms with Crippen molar-refractivity contribution in [1.29, 1.82) is 0 Å². The lowest BCUT2D eigenvalue weighted by Gasteiger charge is -2.38. The van der Waals surface area contributed by atoms with Gasteiger partial charge in [0, 0.05) is 17.6 Å². The van der Waals surface area contributed by atoms with Crippen LogP contribution in [0.1, 0.15) is 38.7 Å². The zero-order valence-electron chi connectivity index (χ0n) is 15.3. The normalized spacial score (nSPS) is 25.0. The fourth-order valence-electron chi connectivity index (χ4n) is 3.57. The maximum absolute atomic E-state index is 12.4. The van der Waals surface area contributed by atoms with E-state index in [0.717, 1.165) is 19.3 Å². The van der Waals surface area contributed by atoms with Gasteiger partial charge < -0.3 is 9.64 Å². The Hall–Kier alpha value is -2.42. The van der Waals surface area contributed by atoms with Crippen molar-refractivity contribution in [3.8, 4) is 0 Å². The molecule has 8 nitrogen and oxygen atoms in total. The molecule has 0 spiro atoms. The highest BCUT2D eigenvalue weighted by atomic mass is 32.2. The van der Waals surface area contributed by atoms with E-state index in [1.807, 2.05) is 13.8 Å². The lowest BCUT2D eigenvalue weighted by molar-refractivity contribution is -0.153. The first-order valence-electron chi connectivity index (χ1n) is 8.93. The number of hydrogen-bond donors (Lipinski definition) is 1. The minimum Gasteiger partial charge on any atom is -0.454 e. The highest BCUT2D eigenvalue weighted by Crippen LogP contribution is 2.23. The van der Waals surface area contributed by atoms with E-state index < -0.39 is 16.0 Å². The molecule has 0 bridgehead atoms. The van der Waals surface area contributed by atoms with E-state index in [4.69, 9.17) is 4.74 Å². The Balaban J connectivity index is 1.58. The highest BCUT2D eigenvalue weighted by molar-refractivity contribution is 7.90. The first-order valence-corrected chi connectivity index (χ1v) is 10.4. The Morgan fingerprint density at radius 2 is 1.89 bits per heavy atom. The summed E-state index contributed by atoms with van der Waals surface area (Å²) in [6.07, 6.45) is 2.97. The van der Waals surface area contributed by atoms with Crippen molar-refractivity contribution in [2.75, 3.05) is 13.2 Å². The molecular formula is C18H23N3O5S. The van der Waals surface area contributed by atoms with Gasteiger partial charge in [-0.3, -0.25) is 19.3 Å². The smallest absolute Gasteiger partial charge is 0.328 e. The maximum Gasteiger partial charge on any atom is 0.328 e. The third kappa shape index (κ3) is 4.13.